The summed E-state index contributed by atoms with van der Waals surface area (Å²) in [6.07, 6.45) is 4.33. The van der Waals surface area contributed by atoms with E-state index in [1.807, 2.05) is 0 Å². The van der Waals surface area contributed by atoms with Gasteiger partial charge >= 0.3 is 5.97 Å². The monoisotopic (exact) mass is 194 g/mol. The molecule has 3 fully saturated rings. The quantitative estimate of drug-likeness (QED) is 0.433. The smallest absolute Gasteiger partial charge is 0.320 e. The molecule has 2 saturated carbocycles. The van der Waals surface area contributed by atoms with E-state index in [0.717, 1.165) is 25.7 Å². The molecule has 0 amide bonds. The number of carbonyl (C=O) groups is 2. The van der Waals surface area contributed by atoms with Crippen LogP contribution in [0.1, 0.15) is 39.0 Å². The topological polar surface area (TPSA) is 43.4 Å². The van der Waals surface area contributed by atoms with Crippen LogP contribution >= 0.6 is 0 Å². The van der Waals surface area contributed by atoms with Gasteiger partial charge in [0.1, 0.15) is 16.8 Å². The Kier molecular flexibility index (Phi) is 1.33. The number of Topliss-reactive ketones (excluding diaryl/α,β-unsaturated/α-hetero) is 1. The van der Waals surface area contributed by atoms with Crippen molar-refractivity contribution in [3.8, 4) is 0 Å². The highest BCUT2D eigenvalue weighted by atomic mass is 16.6. The molecule has 1 saturated heterocycles. The van der Waals surface area contributed by atoms with Gasteiger partial charge < -0.3 is 4.74 Å². The van der Waals surface area contributed by atoms with Crippen LogP contribution in [0, 0.1) is 11.3 Å². The van der Waals surface area contributed by atoms with E-state index in [9.17, 15) is 9.59 Å². The van der Waals surface area contributed by atoms with Crippen molar-refractivity contribution in [1.29, 1.82) is 0 Å². The maximum atomic E-state index is 11.8. The number of esters is 1. The van der Waals surface area contributed by atoms with Crippen LogP contribution in [0.25, 0.3) is 0 Å². The van der Waals surface area contributed by atoms with Gasteiger partial charge in [-0.15, -0.1) is 0 Å². The zero-order valence-electron chi connectivity index (χ0n) is 8.34. The Morgan fingerprint density at radius 3 is 2.93 bits per heavy atom. The predicted octanol–water partition coefficient (Wildman–Crippen LogP) is 1.45. The molecule has 3 nitrogen and oxygen atoms in total. The molecule has 3 rings (SSSR count). The van der Waals surface area contributed by atoms with Crippen molar-refractivity contribution in [2.75, 3.05) is 0 Å². The summed E-state index contributed by atoms with van der Waals surface area (Å²) in [6.45, 7) is 1.79. The summed E-state index contributed by atoms with van der Waals surface area (Å²) in [6, 6.07) is 0. The second-order valence-electron chi connectivity index (χ2n) is 5.02. The molecule has 1 aliphatic heterocycles. The number of rotatable bonds is 0. The minimum atomic E-state index is -0.797. The van der Waals surface area contributed by atoms with E-state index < -0.39 is 5.41 Å². The highest BCUT2D eigenvalue weighted by Crippen LogP contribution is 2.60. The van der Waals surface area contributed by atoms with Crippen molar-refractivity contribution in [1.82, 2.24) is 0 Å². The maximum Gasteiger partial charge on any atom is 0.320 e. The molecule has 2 bridgehead atoms. The molecule has 0 N–H and O–H groups in total. The highest BCUT2D eigenvalue weighted by molar-refractivity contribution is 6.06. The van der Waals surface area contributed by atoms with Gasteiger partial charge in [-0.1, -0.05) is 0 Å². The van der Waals surface area contributed by atoms with E-state index in [1.165, 1.54) is 0 Å². The first-order chi connectivity index (χ1) is 6.59. The Labute approximate surface area is 82.8 Å². The lowest BCUT2D eigenvalue weighted by molar-refractivity contribution is -0.153. The minimum Gasteiger partial charge on any atom is -0.458 e. The maximum absolute atomic E-state index is 11.8. The molecular weight excluding hydrogens is 180 g/mol. The van der Waals surface area contributed by atoms with Gasteiger partial charge in [0, 0.05) is 12.3 Å². The van der Waals surface area contributed by atoms with E-state index in [2.05, 4.69) is 0 Å². The molecule has 1 unspecified atom stereocenters. The zero-order valence-corrected chi connectivity index (χ0v) is 8.34. The van der Waals surface area contributed by atoms with Gasteiger partial charge in [-0.25, -0.2) is 0 Å². The molecular formula is C11H14O3. The van der Waals surface area contributed by atoms with Gasteiger partial charge in [-0.05, 0) is 32.6 Å². The number of ether oxygens (including phenoxy) is 1. The fourth-order valence-corrected chi connectivity index (χ4v) is 3.66. The lowest BCUT2D eigenvalue weighted by Gasteiger charge is -2.35. The van der Waals surface area contributed by atoms with Crippen LogP contribution in [0.4, 0.5) is 0 Å². The third kappa shape index (κ3) is 0.677. The number of ketones is 1. The van der Waals surface area contributed by atoms with Gasteiger partial charge in [0.25, 0.3) is 0 Å². The highest BCUT2D eigenvalue weighted by Gasteiger charge is 2.69. The summed E-state index contributed by atoms with van der Waals surface area (Å²) in [5, 5.41) is 0. The molecule has 0 aromatic heterocycles. The summed E-state index contributed by atoms with van der Waals surface area (Å²) < 4.78 is 5.51. The Hall–Kier alpha value is -0.860. The van der Waals surface area contributed by atoms with E-state index in [-0.39, 0.29) is 23.3 Å². The Bertz CT molecular complexity index is 335. The summed E-state index contributed by atoms with van der Waals surface area (Å²) in [7, 11) is 0. The molecule has 2 aliphatic carbocycles. The van der Waals surface area contributed by atoms with E-state index in [1.54, 1.807) is 6.92 Å². The third-order valence-corrected chi connectivity index (χ3v) is 4.50. The van der Waals surface area contributed by atoms with Crippen LogP contribution in [0.5, 0.6) is 0 Å². The van der Waals surface area contributed by atoms with Crippen molar-refractivity contribution < 1.29 is 14.3 Å². The van der Waals surface area contributed by atoms with Crippen LogP contribution in [0.3, 0.4) is 0 Å². The third-order valence-electron chi connectivity index (χ3n) is 4.50. The minimum absolute atomic E-state index is 0.0996. The van der Waals surface area contributed by atoms with Crippen molar-refractivity contribution in [2.24, 2.45) is 11.3 Å². The molecule has 3 atom stereocenters. The standard InChI is InChI=1S/C11H14O3/c1-10-7-3-2-5-11(7,14-9(10)13)6-4-8(10)12/h7H,2-6H2,1H3/t7-,10?,11+/m1/s1. The molecule has 0 spiro atoms. The van der Waals surface area contributed by atoms with Crippen LogP contribution in [-0.4, -0.2) is 17.4 Å². The normalized spacial score (nSPS) is 50.5. The SMILES string of the molecule is CC12C(=O)CC[C@]3(CCC[C@H]13)OC2=O. The van der Waals surface area contributed by atoms with E-state index in [4.69, 9.17) is 4.74 Å². The second-order valence-corrected chi connectivity index (χ2v) is 5.02. The average Bonchev–Trinajstić information content (AvgIpc) is 2.61. The zero-order chi connectivity index (χ0) is 9.97. The van der Waals surface area contributed by atoms with E-state index in [0.29, 0.717) is 6.42 Å². The summed E-state index contributed by atoms with van der Waals surface area (Å²) in [4.78, 5) is 23.6. The van der Waals surface area contributed by atoms with Crippen molar-refractivity contribution in [2.45, 2.75) is 44.6 Å². The first-order valence-electron chi connectivity index (χ1n) is 5.36. The van der Waals surface area contributed by atoms with E-state index >= 15 is 0 Å². The number of carbonyl (C=O) groups excluding carboxylic acids is 2. The Morgan fingerprint density at radius 2 is 2.14 bits per heavy atom. The fourth-order valence-electron chi connectivity index (χ4n) is 3.66. The lowest BCUT2D eigenvalue weighted by atomic mass is 9.63. The number of hydrogen-bond acceptors (Lipinski definition) is 3. The van der Waals surface area contributed by atoms with Gasteiger partial charge in [0.2, 0.25) is 0 Å². The molecule has 76 valence electrons. The average molecular weight is 194 g/mol. The van der Waals surface area contributed by atoms with Crippen LogP contribution < -0.4 is 0 Å². The summed E-state index contributed by atoms with van der Waals surface area (Å²) >= 11 is 0. The molecule has 0 aromatic rings. The largest absolute Gasteiger partial charge is 0.458 e. The van der Waals surface area contributed by atoms with Crippen molar-refractivity contribution in [3.63, 3.8) is 0 Å². The van der Waals surface area contributed by atoms with Crippen molar-refractivity contribution >= 4 is 11.8 Å². The van der Waals surface area contributed by atoms with Gasteiger partial charge in [-0.3, -0.25) is 9.59 Å². The number of hydrogen-bond donors (Lipinski definition) is 0. The predicted molar refractivity (Wildman–Crippen MR) is 48.5 cm³/mol. The van der Waals surface area contributed by atoms with Gasteiger partial charge in [0.15, 0.2) is 0 Å². The Morgan fingerprint density at radius 1 is 1.36 bits per heavy atom. The van der Waals surface area contributed by atoms with Crippen LogP contribution in [0.2, 0.25) is 0 Å². The van der Waals surface area contributed by atoms with Crippen LogP contribution in [0.15, 0.2) is 0 Å². The molecule has 0 aromatic carbocycles. The van der Waals surface area contributed by atoms with Crippen LogP contribution in [-0.2, 0) is 14.3 Å². The summed E-state index contributed by atoms with van der Waals surface area (Å²) in [5.41, 5.74) is -1.05. The molecule has 0 radical (unpaired) electrons. The molecule has 3 aliphatic rings. The molecule has 1 heterocycles. The molecule has 3 heteroatoms. The first-order valence-corrected chi connectivity index (χ1v) is 5.36. The fraction of sp³-hybridized carbons (Fsp3) is 0.818. The summed E-state index contributed by atoms with van der Waals surface area (Å²) in [5.74, 6) is 0.0102. The first kappa shape index (κ1) is 8.45. The Balaban J connectivity index is 2.15. The van der Waals surface area contributed by atoms with Gasteiger partial charge in [0.05, 0.1) is 0 Å². The van der Waals surface area contributed by atoms with Gasteiger partial charge in [-0.2, -0.15) is 0 Å². The lowest BCUT2D eigenvalue weighted by Crippen LogP contribution is -2.46. The molecule has 14 heavy (non-hydrogen) atoms. The van der Waals surface area contributed by atoms with Crippen molar-refractivity contribution in [3.05, 3.63) is 0 Å². The second kappa shape index (κ2) is 2.20.